The minimum atomic E-state index is -0.828. The molecule has 4 atom stereocenters. The summed E-state index contributed by atoms with van der Waals surface area (Å²) in [7, 11) is 0. The number of carbonyl (C=O) groups excluding carboxylic acids is 1. The molecule has 2 aliphatic rings. The van der Waals surface area contributed by atoms with Crippen LogP contribution in [0.1, 0.15) is 45.4 Å². The van der Waals surface area contributed by atoms with Gasteiger partial charge >= 0.3 is 5.97 Å². The maximum Gasteiger partial charge on any atom is 0.303 e. The topological polar surface area (TPSA) is 66.4 Å². The number of amides is 1. The zero-order chi connectivity index (χ0) is 12.4. The van der Waals surface area contributed by atoms with E-state index in [4.69, 9.17) is 5.11 Å². The van der Waals surface area contributed by atoms with Crippen molar-refractivity contribution < 1.29 is 14.7 Å². The first kappa shape index (κ1) is 12.4. The van der Waals surface area contributed by atoms with E-state index in [1.165, 1.54) is 19.3 Å². The number of carboxylic acid groups (broad SMARTS) is 1. The van der Waals surface area contributed by atoms with Crippen molar-refractivity contribution in [1.82, 2.24) is 5.32 Å². The number of nitrogens with one attached hydrogen (secondary N) is 1. The molecule has 4 unspecified atom stereocenters. The number of carbonyl (C=O) groups is 2. The Bertz CT molecular complexity index is 316. The lowest BCUT2D eigenvalue weighted by molar-refractivity contribution is -0.138. The number of rotatable bonds is 5. The predicted molar refractivity (Wildman–Crippen MR) is 63.4 cm³/mol. The van der Waals surface area contributed by atoms with Gasteiger partial charge in [-0.05, 0) is 37.0 Å². The van der Waals surface area contributed by atoms with Crippen LogP contribution in [0.5, 0.6) is 0 Å². The maximum absolute atomic E-state index is 11.8. The van der Waals surface area contributed by atoms with E-state index in [1.807, 2.05) is 6.92 Å². The van der Waals surface area contributed by atoms with Crippen molar-refractivity contribution in [2.45, 2.75) is 51.5 Å². The summed E-state index contributed by atoms with van der Waals surface area (Å²) in [4.78, 5) is 22.3. The van der Waals surface area contributed by atoms with Crippen molar-refractivity contribution in [2.75, 3.05) is 0 Å². The standard InChI is InChI=1S/C13H21NO3/c1-8(5-13(16)17)4-12(15)14-11-7-9-2-3-10(11)6-9/h8-11H,2-7H2,1H3,(H,14,15)(H,16,17). The summed E-state index contributed by atoms with van der Waals surface area (Å²) in [6, 6.07) is 0.360. The van der Waals surface area contributed by atoms with Crippen LogP contribution in [0.25, 0.3) is 0 Å². The summed E-state index contributed by atoms with van der Waals surface area (Å²) in [5, 5.41) is 11.7. The van der Waals surface area contributed by atoms with Crippen LogP contribution in [0.2, 0.25) is 0 Å². The van der Waals surface area contributed by atoms with E-state index >= 15 is 0 Å². The molecule has 17 heavy (non-hydrogen) atoms. The highest BCUT2D eigenvalue weighted by Crippen LogP contribution is 2.44. The van der Waals surface area contributed by atoms with Crippen LogP contribution in [0.3, 0.4) is 0 Å². The summed E-state index contributed by atoms with van der Waals surface area (Å²) in [5.74, 6) is 0.619. The maximum atomic E-state index is 11.8. The van der Waals surface area contributed by atoms with Gasteiger partial charge in [0.05, 0.1) is 0 Å². The van der Waals surface area contributed by atoms with Crippen LogP contribution in [-0.2, 0) is 9.59 Å². The number of carboxylic acids is 1. The lowest BCUT2D eigenvalue weighted by atomic mass is 9.95. The molecule has 2 bridgehead atoms. The molecule has 0 heterocycles. The Morgan fingerprint density at radius 3 is 2.59 bits per heavy atom. The Hall–Kier alpha value is -1.06. The van der Waals surface area contributed by atoms with Crippen molar-refractivity contribution in [1.29, 1.82) is 0 Å². The third-order valence-corrected chi connectivity index (χ3v) is 4.14. The molecule has 0 spiro atoms. The molecule has 0 aromatic carbocycles. The minimum Gasteiger partial charge on any atom is -0.481 e. The van der Waals surface area contributed by atoms with Crippen LogP contribution < -0.4 is 5.32 Å². The number of fused-ring (bicyclic) bond motifs is 2. The molecule has 2 N–H and O–H groups in total. The van der Waals surface area contributed by atoms with Gasteiger partial charge in [-0.1, -0.05) is 13.3 Å². The van der Waals surface area contributed by atoms with Gasteiger partial charge in [0.1, 0.15) is 0 Å². The molecule has 4 heteroatoms. The van der Waals surface area contributed by atoms with E-state index in [1.54, 1.807) is 0 Å². The van der Waals surface area contributed by atoms with Gasteiger partial charge in [-0.15, -0.1) is 0 Å². The van der Waals surface area contributed by atoms with Crippen LogP contribution in [0.15, 0.2) is 0 Å². The fourth-order valence-corrected chi connectivity index (χ4v) is 3.37. The molecular weight excluding hydrogens is 218 g/mol. The summed E-state index contributed by atoms with van der Waals surface area (Å²) in [6.45, 7) is 1.81. The second-order valence-corrected chi connectivity index (χ2v) is 5.76. The summed E-state index contributed by atoms with van der Waals surface area (Å²) in [5.41, 5.74) is 0. The van der Waals surface area contributed by atoms with Gasteiger partial charge in [0.15, 0.2) is 0 Å². The monoisotopic (exact) mass is 239 g/mol. The number of aliphatic carboxylic acids is 1. The van der Waals surface area contributed by atoms with E-state index < -0.39 is 5.97 Å². The van der Waals surface area contributed by atoms with Crippen molar-refractivity contribution in [3.63, 3.8) is 0 Å². The highest BCUT2D eigenvalue weighted by Gasteiger charge is 2.40. The molecule has 0 aromatic rings. The van der Waals surface area contributed by atoms with Gasteiger partial charge in [-0.3, -0.25) is 9.59 Å². The average molecular weight is 239 g/mol. The van der Waals surface area contributed by atoms with Crippen LogP contribution >= 0.6 is 0 Å². The van der Waals surface area contributed by atoms with Gasteiger partial charge in [-0.2, -0.15) is 0 Å². The highest BCUT2D eigenvalue weighted by molar-refractivity contribution is 5.77. The van der Waals surface area contributed by atoms with Gasteiger partial charge in [0, 0.05) is 18.9 Å². The smallest absolute Gasteiger partial charge is 0.303 e. The van der Waals surface area contributed by atoms with E-state index in [-0.39, 0.29) is 18.2 Å². The fraction of sp³-hybridized carbons (Fsp3) is 0.846. The molecule has 4 nitrogen and oxygen atoms in total. The second-order valence-electron chi connectivity index (χ2n) is 5.76. The Balaban J connectivity index is 1.72. The molecule has 2 aliphatic carbocycles. The van der Waals surface area contributed by atoms with Crippen LogP contribution in [0.4, 0.5) is 0 Å². The number of hydrogen-bond donors (Lipinski definition) is 2. The highest BCUT2D eigenvalue weighted by atomic mass is 16.4. The SMILES string of the molecule is CC(CC(=O)O)CC(=O)NC1CC2CCC1C2. The predicted octanol–water partition coefficient (Wildman–Crippen LogP) is 1.79. The summed E-state index contributed by atoms with van der Waals surface area (Å²) >= 11 is 0. The first-order valence-corrected chi connectivity index (χ1v) is 6.55. The third kappa shape index (κ3) is 3.20. The van der Waals surface area contributed by atoms with Gasteiger partial charge < -0.3 is 10.4 Å². The summed E-state index contributed by atoms with van der Waals surface area (Å²) in [6.07, 6.45) is 5.39. The third-order valence-electron chi connectivity index (χ3n) is 4.14. The lowest BCUT2D eigenvalue weighted by Gasteiger charge is -2.23. The molecule has 2 fully saturated rings. The Labute approximate surface area is 102 Å². The van der Waals surface area contributed by atoms with Gasteiger partial charge in [0.2, 0.25) is 5.91 Å². The molecule has 0 aliphatic heterocycles. The molecule has 96 valence electrons. The normalized spacial score (nSPS) is 32.4. The van der Waals surface area contributed by atoms with Crippen LogP contribution in [-0.4, -0.2) is 23.0 Å². The summed E-state index contributed by atoms with van der Waals surface area (Å²) < 4.78 is 0. The molecule has 2 saturated carbocycles. The molecule has 1 amide bonds. The average Bonchev–Trinajstić information content (AvgIpc) is 2.76. The molecule has 2 rings (SSSR count). The van der Waals surface area contributed by atoms with Crippen LogP contribution in [0, 0.1) is 17.8 Å². The molecular formula is C13H21NO3. The largest absolute Gasteiger partial charge is 0.481 e. The van der Waals surface area contributed by atoms with E-state index in [0.717, 1.165) is 12.3 Å². The molecule has 0 aromatic heterocycles. The van der Waals surface area contributed by atoms with E-state index in [9.17, 15) is 9.59 Å². The van der Waals surface area contributed by atoms with E-state index in [0.29, 0.717) is 18.4 Å². The van der Waals surface area contributed by atoms with Crippen molar-refractivity contribution in [3.05, 3.63) is 0 Å². The Kier molecular flexibility index (Phi) is 3.69. The Morgan fingerprint density at radius 2 is 2.06 bits per heavy atom. The van der Waals surface area contributed by atoms with Gasteiger partial charge in [0.25, 0.3) is 0 Å². The fourth-order valence-electron chi connectivity index (χ4n) is 3.37. The second kappa shape index (κ2) is 5.07. The molecule has 0 saturated heterocycles. The first-order chi connectivity index (χ1) is 8.04. The number of hydrogen-bond acceptors (Lipinski definition) is 2. The zero-order valence-corrected chi connectivity index (χ0v) is 10.3. The first-order valence-electron chi connectivity index (χ1n) is 6.55. The van der Waals surface area contributed by atoms with Gasteiger partial charge in [-0.25, -0.2) is 0 Å². The quantitative estimate of drug-likeness (QED) is 0.768. The molecule has 0 radical (unpaired) electrons. The Morgan fingerprint density at radius 1 is 1.29 bits per heavy atom. The zero-order valence-electron chi connectivity index (χ0n) is 10.3. The van der Waals surface area contributed by atoms with Crippen molar-refractivity contribution >= 4 is 11.9 Å². The van der Waals surface area contributed by atoms with Crippen molar-refractivity contribution in [3.8, 4) is 0 Å². The lowest BCUT2D eigenvalue weighted by Crippen LogP contribution is -2.39. The van der Waals surface area contributed by atoms with Crippen molar-refractivity contribution in [2.24, 2.45) is 17.8 Å². The minimum absolute atomic E-state index is 0.0244. The van der Waals surface area contributed by atoms with E-state index in [2.05, 4.69) is 5.32 Å².